The number of carbonyl (C=O) groups is 1. The van der Waals surface area contributed by atoms with Crippen molar-refractivity contribution >= 4 is 28.8 Å². The van der Waals surface area contributed by atoms with E-state index in [0.29, 0.717) is 12.2 Å². The average Bonchev–Trinajstić information content (AvgIpc) is 3.04. The fourth-order valence-corrected chi connectivity index (χ4v) is 2.44. The number of thiophene rings is 1. The molecule has 2 rings (SSSR count). The molecule has 0 radical (unpaired) electrons. The Bertz CT molecular complexity index is 581. The van der Waals surface area contributed by atoms with Crippen LogP contribution in [0.15, 0.2) is 16.8 Å². The Hall–Kier alpha value is -1.75. The van der Waals surface area contributed by atoms with Crippen molar-refractivity contribution in [1.82, 2.24) is 14.9 Å². The Balaban J connectivity index is 1.98. The third-order valence-electron chi connectivity index (χ3n) is 2.05. The van der Waals surface area contributed by atoms with Crippen LogP contribution < -0.4 is 5.32 Å². The van der Waals surface area contributed by atoms with Gasteiger partial charge in [-0.25, -0.2) is 0 Å². The van der Waals surface area contributed by atoms with Crippen LogP contribution in [0.3, 0.4) is 0 Å². The van der Waals surface area contributed by atoms with E-state index in [1.165, 1.54) is 11.3 Å². The van der Waals surface area contributed by atoms with E-state index < -0.39 is 0 Å². The van der Waals surface area contributed by atoms with E-state index in [9.17, 15) is 4.79 Å². The molecule has 7 heteroatoms. The smallest absolute Gasteiger partial charge is 0.273 e. The number of nitrogens with one attached hydrogen (secondary N) is 1. The highest BCUT2D eigenvalue weighted by Crippen LogP contribution is 2.15. The monoisotopic (exact) mass is 279 g/mol. The Morgan fingerprint density at radius 2 is 2.44 bits per heavy atom. The third kappa shape index (κ3) is 3.13. The summed E-state index contributed by atoms with van der Waals surface area (Å²) in [6, 6.07) is 1.86. The van der Waals surface area contributed by atoms with Gasteiger partial charge in [-0.05, 0) is 23.0 Å². The summed E-state index contributed by atoms with van der Waals surface area (Å²) in [6.07, 6.45) is 0. The zero-order valence-corrected chi connectivity index (χ0v) is 10.8. The lowest BCUT2D eigenvalue weighted by Gasteiger charge is -2.01. The van der Waals surface area contributed by atoms with Gasteiger partial charge in [0.25, 0.3) is 5.91 Å². The van der Waals surface area contributed by atoms with Gasteiger partial charge in [-0.3, -0.25) is 4.79 Å². The number of aromatic nitrogens is 2. The van der Waals surface area contributed by atoms with Gasteiger partial charge in [0, 0.05) is 15.8 Å². The van der Waals surface area contributed by atoms with Crippen LogP contribution in [0.4, 0.5) is 0 Å². The van der Waals surface area contributed by atoms with E-state index in [1.807, 2.05) is 11.4 Å². The largest absolute Gasteiger partial charge is 0.384 e. The minimum Gasteiger partial charge on any atom is -0.384 e. The first kappa shape index (κ1) is 12.7. The fraction of sp³-hybridized carbons (Fsp3) is 0.182. The van der Waals surface area contributed by atoms with Crippen LogP contribution in [0.25, 0.3) is 0 Å². The Morgan fingerprint density at radius 1 is 1.56 bits per heavy atom. The molecule has 0 bridgehead atoms. The van der Waals surface area contributed by atoms with Gasteiger partial charge in [-0.1, -0.05) is 16.3 Å². The van der Waals surface area contributed by atoms with E-state index in [1.54, 1.807) is 5.38 Å². The highest BCUT2D eigenvalue weighted by molar-refractivity contribution is 7.10. The normalized spacial score (nSPS) is 9.61. The summed E-state index contributed by atoms with van der Waals surface area (Å²) in [4.78, 5) is 12.6. The summed E-state index contributed by atoms with van der Waals surface area (Å²) in [5, 5.41) is 18.6. The second-order valence-corrected chi connectivity index (χ2v) is 4.80. The molecule has 2 aromatic heterocycles. The minimum absolute atomic E-state index is 0.174. The number of carbonyl (C=O) groups excluding carboxylic acids is 1. The molecule has 0 aliphatic carbocycles. The summed E-state index contributed by atoms with van der Waals surface area (Å²) >= 11 is 2.64. The van der Waals surface area contributed by atoms with Crippen molar-refractivity contribution in [1.29, 1.82) is 0 Å². The molecule has 0 saturated heterocycles. The third-order valence-corrected chi connectivity index (χ3v) is 3.48. The van der Waals surface area contributed by atoms with Crippen molar-refractivity contribution in [2.75, 3.05) is 6.61 Å². The van der Waals surface area contributed by atoms with Crippen molar-refractivity contribution in [2.24, 2.45) is 0 Å². The quantitative estimate of drug-likeness (QED) is 0.818. The van der Waals surface area contributed by atoms with Gasteiger partial charge in [0.2, 0.25) is 0 Å². The highest BCUT2D eigenvalue weighted by atomic mass is 32.1. The molecule has 0 aromatic carbocycles. The topological polar surface area (TPSA) is 75.1 Å². The lowest BCUT2D eigenvalue weighted by molar-refractivity contribution is 0.0946. The molecule has 2 heterocycles. The molecule has 0 fully saturated rings. The van der Waals surface area contributed by atoms with Gasteiger partial charge in [0.05, 0.1) is 6.54 Å². The number of amides is 1. The fourth-order valence-electron chi connectivity index (χ4n) is 1.24. The maximum absolute atomic E-state index is 11.6. The number of nitrogens with zero attached hydrogens (tertiary/aromatic N) is 2. The lowest BCUT2D eigenvalue weighted by Crippen LogP contribution is -2.23. The summed E-state index contributed by atoms with van der Waals surface area (Å²) in [5.41, 5.74) is 1.14. The van der Waals surface area contributed by atoms with E-state index in [0.717, 1.165) is 22.0 Å². The van der Waals surface area contributed by atoms with E-state index in [2.05, 4.69) is 26.7 Å². The standard InChI is InChI=1S/C11H9N3O2S2/c15-4-1-2-8-3-5-17-10(8)6-12-11(16)9-7-18-14-13-9/h3,5,7,15H,4,6H2,(H,12,16). The number of hydrogen-bond donors (Lipinski definition) is 2. The van der Waals surface area contributed by atoms with Crippen molar-refractivity contribution in [2.45, 2.75) is 6.54 Å². The first-order valence-electron chi connectivity index (χ1n) is 5.02. The number of rotatable bonds is 3. The predicted molar refractivity (Wildman–Crippen MR) is 69.4 cm³/mol. The van der Waals surface area contributed by atoms with Crippen LogP contribution in [0, 0.1) is 11.8 Å². The number of aliphatic hydroxyl groups is 1. The van der Waals surface area contributed by atoms with E-state index in [-0.39, 0.29) is 12.5 Å². The Labute approximate surface area is 112 Å². The molecule has 0 spiro atoms. The van der Waals surface area contributed by atoms with Crippen molar-refractivity contribution < 1.29 is 9.90 Å². The molecule has 0 aliphatic heterocycles. The van der Waals surface area contributed by atoms with Gasteiger partial charge in [-0.15, -0.1) is 16.4 Å². The van der Waals surface area contributed by atoms with E-state index >= 15 is 0 Å². The molecule has 5 nitrogen and oxygen atoms in total. The van der Waals surface area contributed by atoms with Crippen LogP contribution in [0.2, 0.25) is 0 Å². The molecule has 0 atom stereocenters. The molecule has 0 aliphatic rings. The summed E-state index contributed by atoms with van der Waals surface area (Å²) in [6.45, 7) is 0.218. The molecule has 1 amide bonds. The lowest BCUT2D eigenvalue weighted by atomic mass is 10.2. The summed E-state index contributed by atoms with van der Waals surface area (Å²) in [5.74, 6) is 5.17. The molecular weight excluding hydrogens is 270 g/mol. The first-order valence-corrected chi connectivity index (χ1v) is 6.74. The van der Waals surface area contributed by atoms with Crippen LogP contribution in [0.5, 0.6) is 0 Å². The van der Waals surface area contributed by atoms with Crippen LogP contribution in [-0.2, 0) is 6.54 Å². The molecule has 18 heavy (non-hydrogen) atoms. The maximum Gasteiger partial charge on any atom is 0.273 e. The second-order valence-electron chi connectivity index (χ2n) is 3.19. The van der Waals surface area contributed by atoms with Crippen LogP contribution in [0.1, 0.15) is 20.9 Å². The maximum atomic E-state index is 11.6. The van der Waals surface area contributed by atoms with Gasteiger partial charge >= 0.3 is 0 Å². The second kappa shape index (κ2) is 6.26. The Kier molecular flexibility index (Phi) is 4.41. The minimum atomic E-state index is -0.252. The average molecular weight is 279 g/mol. The molecule has 0 unspecified atom stereocenters. The molecular formula is C11H9N3O2S2. The first-order chi connectivity index (χ1) is 8.81. The van der Waals surface area contributed by atoms with E-state index in [4.69, 9.17) is 5.11 Å². The summed E-state index contributed by atoms with van der Waals surface area (Å²) in [7, 11) is 0. The zero-order valence-electron chi connectivity index (χ0n) is 9.21. The van der Waals surface area contributed by atoms with Crippen LogP contribution in [-0.4, -0.2) is 27.2 Å². The van der Waals surface area contributed by atoms with Gasteiger partial charge in [0.15, 0.2) is 5.69 Å². The van der Waals surface area contributed by atoms with Gasteiger partial charge in [0.1, 0.15) is 6.61 Å². The van der Waals surface area contributed by atoms with Crippen molar-refractivity contribution in [3.05, 3.63) is 33.0 Å². The summed E-state index contributed by atoms with van der Waals surface area (Å²) < 4.78 is 3.63. The SMILES string of the molecule is O=C(NCc1sccc1C#CCO)c1csnn1. The zero-order chi connectivity index (χ0) is 12.8. The van der Waals surface area contributed by atoms with Gasteiger partial charge in [-0.2, -0.15) is 0 Å². The molecule has 2 N–H and O–H groups in total. The van der Waals surface area contributed by atoms with Crippen molar-refractivity contribution in [3.63, 3.8) is 0 Å². The Morgan fingerprint density at radius 3 is 3.17 bits per heavy atom. The molecule has 2 aromatic rings. The van der Waals surface area contributed by atoms with Gasteiger partial charge < -0.3 is 10.4 Å². The van der Waals surface area contributed by atoms with Crippen molar-refractivity contribution in [3.8, 4) is 11.8 Å². The highest BCUT2D eigenvalue weighted by Gasteiger charge is 2.09. The number of hydrogen-bond acceptors (Lipinski definition) is 6. The number of aliphatic hydroxyl groups excluding tert-OH is 1. The predicted octanol–water partition coefficient (Wildman–Crippen LogP) is 0.873. The molecule has 92 valence electrons. The van der Waals surface area contributed by atoms with Crippen LogP contribution >= 0.6 is 22.9 Å². The molecule has 0 saturated carbocycles.